The van der Waals surface area contributed by atoms with E-state index in [9.17, 15) is 4.79 Å². The number of nitrogens with zero attached hydrogens (tertiary/aromatic N) is 2. The molecule has 3 rings (SSSR count). The maximum atomic E-state index is 12.4. The number of anilines is 2. The largest absolute Gasteiger partial charge is 0.348 e. The lowest BCUT2D eigenvalue weighted by Gasteiger charge is -2.14. The van der Waals surface area contributed by atoms with Crippen LogP contribution in [0.2, 0.25) is 0 Å². The van der Waals surface area contributed by atoms with Crippen LogP contribution < -0.4 is 10.6 Å². The monoisotopic (exact) mass is 346 g/mol. The molecule has 132 valence electrons. The Kier molecular flexibility index (Phi) is 5.59. The van der Waals surface area contributed by atoms with Crippen molar-refractivity contribution in [3.05, 3.63) is 83.7 Å². The van der Waals surface area contributed by atoms with Crippen LogP contribution in [0.5, 0.6) is 0 Å². The third-order valence-electron chi connectivity index (χ3n) is 4.15. The summed E-state index contributed by atoms with van der Waals surface area (Å²) in [5, 5.41) is 6.09. The smallest absolute Gasteiger partial charge is 0.274 e. The van der Waals surface area contributed by atoms with Gasteiger partial charge in [0.05, 0.1) is 6.04 Å². The molecule has 0 bridgehead atoms. The number of aryl methyl sites for hydroxylation is 1. The maximum absolute atomic E-state index is 12.4. The summed E-state index contributed by atoms with van der Waals surface area (Å²) in [6, 6.07) is 19.5. The summed E-state index contributed by atoms with van der Waals surface area (Å²) >= 11 is 0. The summed E-state index contributed by atoms with van der Waals surface area (Å²) in [5.74, 6) is 0.169. The minimum Gasteiger partial charge on any atom is -0.348 e. The van der Waals surface area contributed by atoms with Crippen molar-refractivity contribution in [3.63, 3.8) is 0 Å². The van der Waals surface area contributed by atoms with Gasteiger partial charge in [-0.1, -0.05) is 49.4 Å². The van der Waals surface area contributed by atoms with Gasteiger partial charge in [0.15, 0.2) is 0 Å². The first-order chi connectivity index (χ1) is 12.7. The number of benzene rings is 2. The summed E-state index contributed by atoms with van der Waals surface area (Å²) in [5.41, 5.74) is 3.42. The first-order valence-corrected chi connectivity index (χ1v) is 8.70. The molecule has 1 unspecified atom stereocenters. The summed E-state index contributed by atoms with van der Waals surface area (Å²) < 4.78 is 0. The Balaban J connectivity index is 1.68. The van der Waals surface area contributed by atoms with Crippen LogP contribution >= 0.6 is 0 Å². The average Bonchev–Trinajstić information content (AvgIpc) is 2.69. The Labute approximate surface area is 153 Å². The lowest BCUT2D eigenvalue weighted by Crippen LogP contribution is -2.16. The molecule has 0 fully saturated rings. The van der Waals surface area contributed by atoms with E-state index >= 15 is 0 Å². The molecule has 3 aromatic rings. The van der Waals surface area contributed by atoms with Crippen molar-refractivity contribution in [1.82, 2.24) is 9.97 Å². The zero-order chi connectivity index (χ0) is 18.4. The van der Waals surface area contributed by atoms with Gasteiger partial charge in [0, 0.05) is 11.9 Å². The fraction of sp³-hybridized carbons (Fsp3) is 0.190. The van der Waals surface area contributed by atoms with Gasteiger partial charge in [-0.15, -0.1) is 0 Å². The van der Waals surface area contributed by atoms with Gasteiger partial charge in [-0.3, -0.25) is 4.79 Å². The Morgan fingerprint density at radius 2 is 1.77 bits per heavy atom. The highest BCUT2D eigenvalue weighted by Gasteiger charge is 2.11. The van der Waals surface area contributed by atoms with Crippen molar-refractivity contribution in [2.45, 2.75) is 26.3 Å². The van der Waals surface area contributed by atoms with E-state index in [4.69, 9.17) is 0 Å². The van der Waals surface area contributed by atoms with E-state index in [1.165, 1.54) is 5.56 Å². The molecule has 2 N–H and O–H groups in total. The number of rotatable bonds is 6. The number of hydrogen-bond donors (Lipinski definition) is 2. The number of nitrogens with one attached hydrogen (secondary N) is 2. The first-order valence-electron chi connectivity index (χ1n) is 8.70. The number of amides is 1. The number of carbonyl (C=O) groups excluding carboxylic acids is 1. The Hall–Kier alpha value is -3.21. The predicted molar refractivity (Wildman–Crippen MR) is 104 cm³/mol. The van der Waals surface area contributed by atoms with Gasteiger partial charge in [-0.25, -0.2) is 9.97 Å². The van der Waals surface area contributed by atoms with E-state index in [1.807, 2.05) is 61.5 Å². The molecule has 1 heterocycles. The zero-order valence-corrected chi connectivity index (χ0v) is 14.9. The van der Waals surface area contributed by atoms with Gasteiger partial charge in [0.2, 0.25) is 5.95 Å². The average molecular weight is 346 g/mol. The van der Waals surface area contributed by atoms with Crippen LogP contribution in [0.4, 0.5) is 11.6 Å². The number of carbonyl (C=O) groups is 1. The van der Waals surface area contributed by atoms with Crippen molar-refractivity contribution in [2.24, 2.45) is 0 Å². The molecule has 0 radical (unpaired) electrons. The zero-order valence-electron chi connectivity index (χ0n) is 14.9. The van der Waals surface area contributed by atoms with Crippen LogP contribution in [0.3, 0.4) is 0 Å². The molecule has 0 aliphatic rings. The quantitative estimate of drug-likeness (QED) is 0.691. The van der Waals surface area contributed by atoms with Gasteiger partial charge >= 0.3 is 0 Å². The van der Waals surface area contributed by atoms with E-state index in [1.54, 1.807) is 12.3 Å². The van der Waals surface area contributed by atoms with Crippen LogP contribution in [0.25, 0.3) is 0 Å². The standard InChI is InChI=1S/C21H22N4O/c1-3-16-9-11-18(12-10-16)24-20(26)19-13-14-22-21(25-19)23-15(2)17-7-5-4-6-8-17/h4-15H,3H2,1-2H3,(H,24,26)(H,22,23,25). The van der Waals surface area contributed by atoms with Gasteiger partial charge in [0.1, 0.15) is 5.69 Å². The maximum Gasteiger partial charge on any atom is 0.274 e. The lowest BCUT2D eigenvalue weighted by molar-refractivity contribution is 0.102. The second-order valence-electron chi connectivity index (χ2n) is 6.05. The molecular weight excluding hydrogens is 324 g/mol. The molecule has 1 aromatic heterocycles. The van der Waals surface area contributed by atoms with Crippen LogP contribution in [-0.2, 0) is 6.42 Å². The van der Waals surface area contributed by atoms with Crippen LogP contribution in [0.15, 0.2) is 66.9 Å². The molecule has 0 aliphatic heterocycles. The molecule has 5 nitrogen and oxygen atoms in total. The molecule has 26 heavy (non-hydrogen) atoms. The second-order valence-corrected chi connectivity index (χ2v) is 6.05. The van der Waals surface area contributed by atoms with Gasteiger partial charge in [-0.05, 0) is 42.7 Å². The van der Waals surface area contributed by atoms with E-state index in [-0.39, 0.29) is 11.9 Å². The van der Waals surface area contributed by atoms with E-state index in [2.05, 4.69) is 27.5 Å². The molecule has 0 spiro atoms. The van der Waals surface area contributed by atoms with Crippen molar-refractivity contribution in [1.29, 1.82) is 0 Å². The molecule has 0 aliphatic carbocycles. The van der Waals surface area contributed by atoms with Crippen molar-refractivity contribution in [3.8, 4) is 0 Å². The van der Waals surface area contributed by atoms with Crippen molar-refractivity contribution >= 4 is 17.5 Å². The third-order valence-corrected chi connectivity index (χ3v) is 4.15. The SMILES string of the molecule is CCc1ccc(NC(=O)c2ccnc(NC(C)c3ccccc3)n2)cc1. The Morgan fingerprint density at radius 3 is 2.46 bits per heavy atom. The molecule has 2 aromatic carbocycles. The summed E-state index contributed by atoms with van der Waals surface area (Å²) in [4.78, 5) is 21.0. The van der Waals surface area contributed by atoms with Crippen molar-refractivity contribution in [2.75, 3.05) is 10.6 Å². The summed E-state index contributed by atoms with van der Waals surface area (Å²) in [6.45, 7) is 4.13. The molecule has 0 saturated carbocycles. The van der Waals surface area contributed by atoms with Gasteiger partial charge in [0.25, 0.3) is 5.91 Å². The second kappa shape index (κ2) is 8.25. The molecule has 1 atom stereocenters. The predicted octanol–water partition coefficient (Wildman–Crippen LogP) is 4.46. The molecule has 1 amide bonds. The molecule has 5 heteroatoms. The van der Waals surface area contributed by atoms with Crippen LogP contribution in [0.1, 0.15) is 41.5 Å². The summed E-state index contributed by atoms with van der Waals surface area (Å²) in [6.07, 6.45) is 2.55. The normalized spacial score (nSPS) is 11.6. The molecule has 0 saturated heterocycles. The minimum atomic E-state index is -0.257. The summed E-state index contributed by atoms with van der Waals surface area (Å²) in [7, 11) is 0. The Bertz CT molecular complexity index is 863. The van der Waals surface area contributed by atoms with E-state index in [0.717, 1.165) is 17.7 Å². The topological polar surface area (TPSA) is 66.9 Å². The number of aromatic nitrogens is 2. The Morgan fingerprint density at radius 1 is 1.04 bits per heavy atom. The fourth-order valence-corrected chi connectivity index (χ4v) is 2.59. The van der Waals surface area contributed by atoms with E-state index in [0.29, 0.717) is 11.6 Å². The first kappa shape index (κ1) is 17.6. The minimum absolute atomic E-state index is 0.0381. The van der Waals surface area contributed by atoms with Gasteiger partial charge < -0.3 is 10.6 Å². The third kappa shape index (κ3) is 4.45. The number of hydrogen-bond acceptors (Lipinski definition) is 4. The lowest BCUT2D eigenvalue weighted by atomic mass is 10.1. The fourth-order valence-electron chi connectivity index (χ4n) is 2.59. The molecular formula is C21H22N4O. The van der Waals surface area contributed by atoms with Crippen LogP contribution in [-0.4, -0.2) is 15.9 Å². The highest BCUT2D eigenvalue weighted by atomic mass is 16.1. The van der Waals surface area contributed by atoms with Gasteiger partial charge in [-0.2, -0.15) is 0 Å². The highest BCUT2D eigenvalue weighted by Crippen LogP contribution is 2.17. The van der Waals surface area contributed by atoms with E-state index < -0.39 is 0 Å². The van der Waals surface area contributed by atoms with Crippen molar-refractivity contribution < 1.29 is 4.79 Å². The van der Waals surface area contributed by atoms with Crippen LogP contribution in [0, 0.1) is 0 Å². The highest BCUT2D eigenvalue weighted by molar-refractivity contribution is 6.02.